The van der Waals surface area contributed by atoms with Crippen LogP contribution in [-0.2, 0) is 0 Å². The highest BCUT2D eigenvalue weighted by molar-refractivity contribution is 6.33. The van der Waals surface area contributed by atoms with Crippen molar-refractivity contribution in [1.29, 1.82) is 0 Å². The zero-order valence-electron chi connectivity index (χ0n) is 8.58. The lowest BCUT2D eigenvalue weighted by atomic mass is 10.2. The van der Waals surface area contributed by atoms with Gasteiger partial charge in [-0.1, -0.05) is 11.6 Å². The van der Waals surface area contributed by atoms with Crippen LogP contribution >= 0.6 is 11.6 Å². The molecule has 1 aromatic heterocycles. The minimum atomic E-state index is 0.220. The van der Waals surface area contributed by atoms with Crippen LogP contribution in [0.5, 0.6) is 11.5 Å². The molecule has 2 aromatic rings. The Labute approximate surface area is 101 Å². The van der Waals surface area contributed by atoms with Crippen LogP contribution in [0.1, 0.15) is 5.56 Å². The Kier molecular flexibility index (Phi) is 2.41. The van der Waals surface area contributed by atoms with E-state index in [9.17, 15) is 0 Å². The van der Waals surface area contributed by atoms with Crippen molar-refractivity contribution in [2.24, 2.45) is 5.10 Å². The van der Waals surface area contributed by atoms with Crippen molar-refractivity contribution in [2.75, 3.05) is 6.79 Å². The van der Waals surface area contributed by atoms with E-state index in [-0.39, 0.29) is 6.79 Å². The molecule has 7 heteroatoms. The van der Waals surface area contributed by atoms with Gasteiger partial charge in [-0.05, 0) is 6.07 Å². The van der Waals surface area contributed by atoms with Gasteiger partial charge in [0.2, 0.25) is 6.79 Å². The highest BCUT2D eigenvalue weighted by atomic mass is 35.5. The van der Waals surface area contributed by atoms with Crippen LogP contribution < -0.4 is 9.47 Å². The van der Waals surface area contributed by atoms with E-state index in [1.54, 1.807) is 18.3 Å². The van der Waals surface area contributed by atoms with Crippen LogP contribution in [0, 0.1) is 0 Å². The number of benzene rings is 1. The number of nitrogens with zero attached hydrogens (tertiary/aromatic N) is 4. The summed E-state index contributed by atoms with van der Waals surface area (Å²) in [5, 5.41) is 11.9. The van der Waals surface area contributed by atoms with E-state index < -0.39 is 0 Å². The Bertz CT molecular complexity index is 568. The van der Waals surface area contributed by atoms with Gasteiger partial charge in [-0.2, -0.15) is 5.10 Å². The molecule has 17 heavy (non-hydrogen) atoms. The van der Waals surface area contributed by atoms with Crippen molar-refractivity contribution < 1.29 is 9.47 Å². The van der Waals surface area contributed by atoms with E-state index in [4.69, 9.17) is 21.1 Å². The van der Waals surface area contributed by atoms with Crippen LogP contribution in [0.4, 0.5) is 0 Å². The first-order valence-electron chi connectivity index (χ1n) is 4.81. The lowest BCUT2D eigenvalue weighted by Crippen LogP contribution is -1.93. The molecule has 86 valence electrons. The standard InChI is InChI=1S/C10H7ClN4O2/c11-8-2-10-9(16-6-17-10)1-7(8)3-14-15-4-12-13-5-15/h1-5H,6H2/b14-3-. The Morgan fingerprint density at radius 3 is 2.71 bits per heavy atom. The highest BCUT2D eigenvalue weighted by Crippen LogP contribution is 2.36. The van der Waals surface area contributed by atoms with Gasteiger partial charge < -0.3 is 9.47 Å². The number of hydrogen-bond acceptors (Lipinski definition) is 5. The number of rotatable bonds is 2. The SMILES string of the molecule is Clc1cc2c(cc1/C=N\n1cnnc1)OCO2. The lowest BCUT2D eigenvalue weighted by Gasteiger charge is -2.00. The summed E-state index contributed by atoms with van der Waals surface area (Å²) in [6.07, 6.45) is 4.57. The predicted molar refractivity (Wildman–Crippen MR) is 60.6 cm³/mol. The molecule has 0 unspecified atom stereocenters. The zero-order chi connectivity index (χ0) is 11.7. The molecule has 0 amide bonds. The quantitative estimate of drug-likeness (QED) is 0.759. The number of ether oxygens (including phenoxy) is 2. The van der Waals surface area contributed by atoms with Gasteiger partial charge >= 0.3 is 0 Å². The van der Waals surface area contributed by atoms with Gasteiger partial charge in [-0.3, -0.25) is 0 Å². The highest BCUT2D eigenvalue weighted by Gasteiger charge is 2.15. The molecule has 0 fully saturated rings. The fraction of sp³-hybridized carbons (Fsp3) is 0.100. The normalized spacial score (nSPS) is 13.5. The van der Waals surface area contributed by atoms with Gasteiger partial charge in [0, 0.05) is 11.6 Å². The Morgan fingerprint density at radius 1 is 1.24 bits per heavy atom. The van der Waals surface area contributed by atoms with Gasteiger partial charge in [0.15, 0.2) is 11.5 Å². The molecule has 0 spiro atoms. The average molecular weight is 251 g/mol. The van der Waals surface area contributed by atoms with E-state index in [1.807, 2.05) is 0 Å². The molecule has 0 bridgehead atoms. The first kappa shape index (κ1) is 10.1. The van der Waals surface area contributed by atoms with Gasteiger partial charge in [0.05, 0.1) is 11.2 Å². The van der Waals surface area contributed by atoms with Crippen molar-refractivity contribution in [3.8, 4) is 11.5 Å². The summed E-state index contributed by atoms with van der Waals surface area (Å²) in [7, 11) is 0. The molecule has 0 radical (unpaired) electrons. The maximum Gasteiger partial charge on any atom is 0.231 e. The van der Waals surface area contributed by atoms with Crippen LogP contribution in [0.25, 0.3) is 0 Å². The Balaban J connectivity index is 1.93. The molecule has 2 heterocycles. The number of fused-ring (bicyclic) bond motifs is 1. The third-order valence-corrected chi connectivity index (χ3v) is 2.56. The first-order valence-corrected chi connectivity index (χ1v) is 5.19. The van der Waals surface area contributed by atoms with E-state index in [2.05, 4.69) is 15.3 Å². The molecule has 1 aliphatic heterocycles. The van der Waals surface area contributed by atoms with Crippen LogP contribution in [0.15, 0.2) is 29.9 Å². The monoisotopic (exact) mass is 250 g/mol. The van der Waals surface area contributed by atoms with E-state index >= 15 is 0 Å². The number of halogens is 1. The van der Waals surface area contributed by atoms with E-state index in [1.165, 1.54) is 17.3 Å². The third kappa shape index (κ3) is 1.94. The molecule has 0 N–H and O–H groups in total. The topological polar surface area (TPSA) is 61.5 Å². The van der Waals surface area contributed by atoms with Crippen molar-refractivity contribution in [3.63, 3.8) is 0 Å². The molecule has 1 aliphatic rings. The smallest absolute Gasteiger partial charge is 0.231 e. The second kappa shape index (κ2) is 4.06. The second-order valence-electron chi connectivity index (χ2n) is 3.31. The molecule has 0 atom stereocenters. The number of aromatic nitrogens is 3. The summed E-state index contributed by atoms with van der Waals surface area (Å²) >= 11 is 6.08. The Morgan fingerprint density at radius 2 is 1.94 bits per heavy atom. The van der Waals surface area contributed by atoms with Gasteiger partial charge in [0.1, 0.15) is 12.7 Å². The first-order chi connectivity index (χ1) is 8.33. The predicted octanol–water partition coefficient (Wildman–Crippen LogP) is 1.54. The van der Waals surface area contributed by atoms with Crippen LogP contribution in [0.2, 0.25) is 5.02 Å². The Hall–Kier alpha value is -2.08. The van der Waals surface area contributed by atoms with Crippen molar-refractivity contribution in [2.45, 2.75) is 0 Å². The summed E-state index contributed by atoms with van der Waals surface area (Å²) in [6.45, 7) is 0.220. The summed E-state index contributed by atoms with van der Waals surface area (Å²) in [6, 6.07) is 3.48. The number of hydrogen-bond donors (Lipinski definition) is 0. The third-order valence-electron chi connectivity index (χ3n) is 2.23. The minimum absolute atomic E-state index is 0.220. The maximum absolute atomic E-state index is 6.08. The van der Waals surface area contributed by atoms with Crippen LogP contribution in [0.3, 0.4) is 0 Å². The molecule has 0 saturated heterocycles. The molecule has 3 rings (SSSR count). The fourth-order valence-corrected chi connectivity index (χ4v) is 1.62. The van der Waals surface area contributed by atoms with Gasteiger partial charge in [0.25, 0.3) is 0 Å². The van der Waals surface area contributed by atoms with Crippen LogP contribution in [-0.4, -0.2) is 27.9 Å². The zero-order valence-corrected chi connectivity index (χ0v) is 9.33. The maximum atomic E-state index is 6.08. The van der Waals surface area contributed by atoms with E-state index in [0.717, 1.165) is 5.56 Å². The second-order valence-corrected chi connectivity index (χ2v) is 3.72. The van der Waals surface area contributed by atoms with E-state index in [0.29, 0.717) is 16.5 Å². The largest absolute Gasteiger partial charge is 0.454 e. The molecule has 0 aliphatic carbocycles. The summed E-state index contributed by atoms with van der Waals surface area (Å²) in [5.74, 6) is 1.32. The van der Waals surface area contributed by atoms with Crippen molar-refractivity contribution in [1.82, 2.24) is 14.9 Å². The fourth-order valence-electron chi connectivity index (χ4n) is 1.42. The summed E-state index contributed by atoms with van der Waals surface area (Å²) < 4.78 is 11.9. The van der Waals surface area contributed by atoms with Crippen molar-refractivity contribution in [3.05, 3.63) is 35.4 Å². The molecular weight excluding hydrogens is 244 g/mol. The summed E-state index contributed by atoms with van der Waals surface area (Å²) in [4.78, 5) is 0. The average Bonchev–Trinajstić information content (AvgIpc) is 2.95. The molecule has 0 saturated carbocycles. The van der Waals surface area contributed by atoms with Crippen molar-refractivity contribution >= 4 is 17.8 Å². The lowest BCUT2D eigenvalue weighted by molar-refractivity contribution is 0.174. The minimum Gasteiger partial charge on any atom is -0.454 e. The molecular formula is C10H7ClN4O2. The summed E-state index contributed by atoms with van der Waals surface area (Å²) in [5.41, 5.74) is 0.740. The molecule has 1 aromatic carbocycles. The molecule has 6 nitrogen and oxygen atoms in total. The van der Waals surface area contributed by atoms with Gasteiger partial charge in [-0.25, -0.2) is 4.68 Å². The van der Waals surface area contributed by atoms with Gasteiger partial charge in [-0.15, -0.1) is 10.2 Å².